The molecule has 2 aromatic rings. The standard InChI is InChI=1S/C11H13N3S/c1-7-5-9-8(6-12-7)11(14-13-9)10-3-2-4-15-10/h2-4,7,12H,5-6H2,1H3,(H,13,14)/t7-/m0/s1. The van der Waals surface area contributed by atoms with Gasteiger partial charge in [-0.2, -0.15) is 5.10 Å². The zero-order valence-electron chi connectivity index (χ0n) is 8.58. The Labute approximate surface area is 92.5 Å². The number of hydrogen-bond acceptors (Lipinski definition) is 3. The van der Waals surface area contributed by atoms with Crippen LogP contribution in [0.25, 0.3) is 10.6 Å². The summed E-state index contributed by atoms with van der Waals surface area (Å²) < 4.78 is 0. The number of nitrogens with one attached hydrogen (secondary N) is 2. The van der Waals surface area contributed by atoms with Crippen LogP contribution in [0.3, 0.4) is 0 Å². The molecule has 0 fully saturated rings. The highest BCUT2D eigenvalue weighted by Crippen LogP contribution is 2.29. The number of H-pyrrole nitrogens is 1. The summed E-state index contributed by atoms with van der Waals surface area (Å²) in [7, 11) is 0. The smallest absolute Gasteiger partial charge is 0.107 e. The molecular formula is C11H13N3S. The monoisotopic (exact) mass is 219 g/mol. The quantitative estimate of drug-likeness (QED) is 0.771. The van der Waals surface area contributed by atoms with Gasteiger partial charge >= 0.3 is 0 Å². The van der Waals surface area contributed by atoms with Crippen molar-refractivity contribution in [3.05, 3.63) is 28.8 Å². The summed E-state index contributed by atoms with van der Waals surface area (Å²) in [4.78, 5) is 1.25. The van der Waals surface area contributed by atoms with Gasteiger partial charge in [-0.3, -0.25) is 5.10 Å². The van der Waals surface area contributed by atoms with Gasteiger partial charge < -0.3 is 5.32 Å². The molecule has 2 aromatic heterocycles. The third-order valence-corrected chi connectivity index (χ3v) is 3.72. The molecule has 3 heterocycles. The van der Waals surface area contributed by atoms with E-state index in [4.69, 9.17) is 0 Å². The van der Waals surface area contributed by atoms with E-state index < -0.39 is 0 Å². The van der Waals surface area contributed by atoms with Gasteiger partial charge in [0, 0.05) is 30.3 Å². The Morgan fingerprint density at radius 1 is 1.53 bits per heavy atom. The largest absolute Gasteiger partial charge is 0.310 e. The van der Waals surface area contributed by atoms with Crippen molar-refractivity contribution in [1.82, 2.24) is 15.5 Å². The lowest BCUT2D eigenvalue weighted by Gasteiger charge is -2.19. The summed E-state index contributed by atoms with van der Waals surface area (Å²) in [5.74, 6) is 0. The molecule has 0 aromatic carbocycles. The number of fused-ring (bicyclic) bond motifs is 1. The topological polar surface area (TPSA) is 40.7 Å². The summed E-state index contributed by atoms with van der Waals surface area (Å²) in [5.41, 5.74) is 3.76. The maximum Gasteiger partial charge on any atom is 0.107 e. The lowest BCUT2D eigenvalue weighted by molar-refractivity contribution is 0.509. The van der Waals surface area contributed by atoms with Gasteiger partial charge in [-0.1, -0.05) is 6.07 Å². The second kappa shape index (κ2) is 3.47. The van der Waals surface area contributed by atoms with Crippen molar-refractivity contribution in [1.29, 1.82) is 0 Å². The summed E-state index contributed by atoms with van der Waals surface area (Å²) >= 11 is 1.74. The molecular weight excluding hydrogens is 206 g/mol. The molecule has 0 radical (unpaired) electrons. The van der Waals surface area contributed by atoms with Gasteiger partial charge in [0.15, 0.2) is 0 Å². The molecule has 15 heavy (non-hydrogen) atoms. The van der Waals surface area contributed by atoms with Gasteiger partial charge in [-0.05, 0) is 18.4 Å². The second-order valence-electron chi connectivity index (χ2n) is 3.99. The molecule has 0 aliphatic carbocycles. The molecule has 0 saturated heterocycles. The normalized spacial score (nSPS) is 20.2. The molecule has 3 rings (SSSR count). The third-order valence-electron chi connectivity index (χ3n) is 2.84. The number of nitrogens with zero attached hydrogens (tertiary/aromatic N) is 1. The highest BCUT2D eigenvalue weighted by Gasteiger charge is 2.21. The maximum atomic E-state index is 4.42. The van der Waals surface area contributed by atoms with Crippen LogP contribution < -0.4 is 5.32 Å². The molecule has 0 amide bonds. The first-order chi connectivity index (χ1) is 7.34. The molecule has 78 valence electrons. The van der Waals surface area contributed by atoms with E-state index in [1.165, 1.54) is 16.1 Å². The minimum atomic E-state index is 0.550. The second-order valence-corrected chi connectivity index (χ2v) is 4.94. The Morgan fingerprint density at radius 2 is 2.47 bits per heavy atom. The van der Waals surface area contributed by atoms with Gasteiger partial charge in [0.25, 0.3) is 0 Å². The minimum absolute atomic E-state index is 0.550. The summed E-state index contributed by atoms with van der Waals surface area (Å²) in [6, 6.07) is 4.74. The molecule has 1 aliphatic heterocycles. The van der Waals surface area contributed by atoms with Gasteiger partial charge in [0.2, 0.25) is 0 Å². The van der Waals surface area contributed by atoms with E-state index in [9.17, 15) is 0 Å². The molecule has 0 spiro atoms. The van der Waals surface area contributed by atoms with E-state index >= 15 is 0 Å². The van der Waals surface area contributed by atoms with Gasteiger partial charge in [-0.15, -0.1) is 11.3 Å². The van der Waals surface area contributed by atoms with E-state index in [2.05, 4.69) is 40.0 Å². The lowest BCUT2D eigenvalue weighted by atomic mass is 10.0. The van der Waals surface area contributed by atoms with Gasteiger partial charge in [-0.25, -0.2) is 0 Å². The molecule has 0 saturated carbocycles. The fourth-order valence-electron chi connectivity index (χ4n) is 2.03. The van der Waals surface area contributed by atoms with Crippen LogP contribution in [0.2, 0.25) is 0 Å². The van der Waals surface area contributed by atoms with E-state index in [1.807, 2.05) is 0 Å². The minimum Gasteiger partial charge on any atom is -0.310 e. The van der Waals surface area contributed by atoms with Crippen LogP contribution in [0.5, 0.6) is 0 Å². The zero-order valence-corrected chi connectivity index (χ0v) is 9.40. The van der Waals surface area contributed by atoms with Crippen molar-refractivity contribution in [2.45, 2.75) is 25.9 Å². The van der Waals surface area contributed by atoms with Crippen LogP contribution in [0, 0.1) is 0 Å². The van der Waals surface area contributed by atoms with Crippen LogP contribution in [-0.4, -0.2) is 16.2 Å². The molecule has 0 bridgehead atoms. The molecule has 3 nitrogen and oxygen atoms in total. The highest BCUT2D eigenvalue weighted by molar-refractivity contribution is 7.13. The molecule has 4 heteroatoms. The first-order valence-electron chi connectivity index (χ1n) is 5.18. The van der Waals surface area contributed by atoms with Crippen LogP contribution in [-0.2, 0) is 13.0 Å². The summed E-state index contributed by atoms with van der Waals surface area (Å²) in [6.07, 6.45) is 1.05. The van der Waals surface area contributed by atoms with Gasteiger partial charge in [0.05, 0.1) is 4.88 Å². The Balaban J connectivity index is 2.05. The maximum absolute atomic E-state index is 4.42. The number of thiophene rings is 1. The SMILES string of the molecule is C[C@H]1Cc2[nH]nc(-c3cccs3)c2CN1. The van der Waals surface area contributed by atoms with Crippen molar-refractivity contribution >= 4 is 11.3 Å². The zero-order chi connectivity index (χ0) is 10.3. The van der Waals surface area contributed by atoms with Crippen LogP contribution in [0.4, 0.5) is 0 Å². The summed E-state index contributed by atoms with van der Waals surface area (Å²) in [6.45, 7) is 3.13. The number of rotatable bonds is 1. The summed E-state index contributed by atoms with van der Waals surface area (Å²) in [5, 5.41) is 13.1. The van der Waals surface area contributed by atoms with Crippen molar-refractivity contribution in [3.8, 4) is 10.6 Å². The lowest BCUT2D eigenvalue weighted by Crippen LogP contribution is -2.32. The van der Waals surface area contributed by atoms with E-state index in [1.54, 1.807) is 11.3 Å². The predicted octanol–water partition coefficient (Wildman–Crippen LogP) is 2.17. The van der Waals surface area contributed by atoms with E-state index in [0.29, 0.717) is 6.04 Å². The van der Waals surface area contributed by atoms with Crippen LogP contribution >= 0.6 is 11.3 Å². The first-order valence-corrected chi connectivity index (χ1v) is 6.06. The van der Waals surface area contributed by atoms with E-state index in [0.717, 1.165) is 18.7 Å². The first kappa shape index (κ1) is 9.12. The third kappa shape index (κ3) is 1.50. The average molecular weight is 219 g/mol. The predicted molar refractivity (Wildman–Crippen MR) is 61.9 cm³/mol. The van der Waals surface area contributed by atoms with Crippen LogP contribution in [0.15, 0.2) is 17.5 Å². The Kier molecular flexibility index (Phi) is 2.11. The van der Waals surface area contributed by atoms with Crippen molar-refractivity contribution in [2.24, 2.45) is 0 Å². The Hall–Kier alpha value is -1.13. The van der Waals surface area contributed by atoms with Crippen LogP contribution in [0.1, 0.15) is 18.2 Å². The Morgan fingerprint density at radius 3 is 3.27 bits per heavy atom. The van der Waals surface area contributed by atoms with Crippen molar-refractivity contribution in [3.63, 3.8) is 0 Å². The van der Waals surface area contributed by atoms with E-state index in [-0.39, 0.29) is 0 Å². The van der Waals surface area contributed by atoms with Gasteiger partial charge in [0.1, 0.15) is 5.69 Å². The van der Waals surface area contributed by atoms with Crippen molar-refractivity contribution < 1.29 is 0 Å². The van der Waals surface area contributed by atoms with Crippen molar-refractivity contribution in [2.75, 3.05) is 0 Å². The molecule has 1 atom stereocenters. The molecule has 1 aliphatic rings. The number of aromatic amines is 1. The molecule has 0 unspecified atom stereocenters. The number of hydrogen-bond donors (Lipinski definition) is 2. The average Bonchev–Trinajstić information content (AvgIpc) is 2.82. The fraction of sp³-hybridized carbons (Fsp3) is 0.364. The number of aromatic nitrogens is 2. The Bertz CT molecular complexity index is 458. The highest BCUT2D eigenvalue weighted by atomic mass is 32.1. The fourth-order valence-corrected chi connectivity index (χ4v) is 2.77. The molecule has 2 N–H and O–H groups in total.